The molecular formula is C17H22N2O3. The van der Waals surface area contributed by atoms with Crippen molar-refractivity contribution in [3.63, 3.8) is 0 Å². The van der Waals surface area contributed by atoms with Crippen molar-refractivity contribution < 1.29 is 9.53 Å². The van der Waals surface area contributed by atoms with Gasteiger partial charge >= 0.3 is 0 Å². The second-order valence-electron chi connectivity index (χ2n) is 5.99. The van der Waals surface area contributed by atoms with Gasteiger partial charge in [0.15, 0.2) is 0 Å². The van der Waals surface area contributed by atoms with Gasteiger partial charge in [-0.15, -0.1) is 6.58 Å². The lowest BCUT2D eigenvalue weighted by molar-refractivity contribution is -0.130. The number of fused-ring (bicyclic) bond motifs is 1. The van der Waals surface area contributed by atoms with Gasteiger partial charge < -0.3 is 14.6 Å². The Morgan fingerprint density at radius 1 is 1.45 bits per heavy atom. The molecule has 1 aromatic heterocycles. The molecule has 1 aliphatic carbocycles. The predicted octanol–water partition coefficient (Wildman–Crippen LogP) is 1.19. The van der Waals surface area contributed by atoms with Gasteiger partial charge in [-0.2, -0.15) is 0 Å². The number of rotatable bonds is 4. The highest BCUT2D eigenvalue weighted by atomic mass is 16.5. The Balaban J connectivity index is 1.71. The summed E-state index contributed by atoms with van der Waals surface area (Å²) in [5, 5.41) is 3.10. The van der Waals surface area contributed by atoms with Crippen LogP contribution in [0.4, 0.5) is 0 Å². The number of aromatic nitrogens is 1. The molecular weight excluding hydrogens is 280 g/mol. The van der Waals surface area contributed by atoms with E-state index >= 15 is 0 Å². The smallest absolute Gasteiger partial charge is 0.251 e. The highest BCUT2D eigenvalue weighted by molar-refractivity contribution is 5.81. The number of ether oxygens (including phenoxy) is 1. The minimum Gasteiger partial charge on any atom is -0.368 e. The molecule has 5 nitrogen and oxygen atoms in total. The van der Waals surface area contributed by atoms with E-state index in [9.17, 15) is 9.59 Å². The molecule has 5 heteroatoms. The third-order valence-electron chi connectivity index (χ3n) is 4.47. The maximum absolute atomic E-state index is 12.1. The van der Waals surface area contributed by atoms with Crippen molar-refractivity contribution in [1.82, 2.24) is 9.88 Å². The number of carbonyl (C=O) groups is 1. The van der Waals surface area contributed by atoms with Gasteiger partial charge in [0, 0.05) is 31.0 Å². The van der Waals surface area contributed by atoms with E-state index < -0.39 is 0 Å². The van der Waals surface area contributed by atoms with Gasteiger partial charge in [0.25, 0.3) is 5.56 Å². The van der Waals surface area contributed by atoms with Crippen LogP contribution < -0.4 is 10.9 Å². The molecule has 1 unspecified atom stereocenters. The molecule has 0 radical (unpaired) electrons. The van der Waals surface area contributed by atoms with Crippen LogP contribution in [0.1, 0.15) is 30.5 Å². The standard InChI is InChI=1S/C17H22N2O3/c1-2-9-19-14-7-6-13(11-12(14)5-8-16(19)20)18-17(21)15-4-3-10-22-15/h2,5,8,13,15H,1,3-4,6-7,9-11H2,(H,18,21)/t13?,15-/m0/s1. The van der Waals surface area contributed by atoms with E-state index in [4.69, 9.17) is 4.74 Å². The normalized spacial score (nSPS) is 23.8. The summed E-state index contributed by atoms with van der Waals surface area (Å²) < 4.78 is 7.20. The number of amides is 1. The Morgan fingerprint density at radius 3 is 3.05 bits per heavy atom. The van der Waals surface area contributed by atoms with Crippen LogP contribution >= 0.6 is 0 Å². The molecule has 0 spiro atoms. The molecule has 0 saturated carbocycles. The van der Waals surface area contributed by atoms with Crippen molar-refractivity contribution in [1.29, 1.82) is 0 Å². The second-order valence-corrected chi connectivity index (χ2v) is 5.99. The van der Waals surface area contributed by atoms with Crippen molar-refractivity contribution in [3.05, 3.63) is 46.4 Å². The number of nitrogens with zero attached hydrogens (tertiary/aromatic N) is 1. The van der Waals surface area contributed by atoms with Crippen LogP contribution in [0.5, 0.6) is 0 Å². The Bertz CT molecular complexity index is 629. The molecule has 1 amide bonds. The van der Waals surface area contributed by atoms with Gasteiger partial charge in [0.05, 0.1) is 0 Å². The zero-order valence-corrected chi connectivity index (χ0v) is 12.7. The summed E-state index contributed by atoms with van der Waals surface area (Å²) in [5.41, 5.74) is 2.24. The fourth-order valence-electron chi connectivity index (χ4n) is 3.36. The van der Waals surface area contributed by atoms with Gasteiger partial charge in [-0.3, -0.25) is 9.59 Å². The van der Waals surface area contributed by atoms with Crippen molar-refractivity contribution in [3.8, 4) is 0 Å². The average Bonchev–Trinajstić information content (AvgIpc) is 3.05. The molecule has 22 heavy (non-hydrogen) atoms. The molecule has 1 aliphatic heterocycles. The van der Waals surface area contributed by atoms with Crippen LogP contribution in [0.15, 0.2) is 29.6 Å². The molecule has 1 N–H and O–H groups in total. The molecule has 1 saturated heterocycles. The summed E-state index contributed by atoms with van der Waals surface area (Å²) in [6.07, 6.45) is 5.66. The van der Waals surface area contributed by atoms with E-state index in [0.29, 0.717) is 13.2 Å². The summed E-state index contributed by atoms with van der Waals surface area (Å²) in [4.78, 5) is 24.1. The zero-order chi connectivity index (χ0) is 15.5. The summed E-state index contributed by atoms with van der Waals surface area (Å²) in [6, 6.07) is 3.62. The van der Waals surface area contributed by atoms with Gasteiger partial charge in [0.2, 0.25) is 5.91 Å². The summed E-state index contributed by atoms with van der Waals surface area (Å²) in [7, 11) is 0. The van der Waals surface area contributed by atoms with E-state index in [2.05, 4.69) is 11.9 Å². The molecule has 1 aromatic rings. The molecule has 2 heterocycles. The van der Waals surface area contributed by atoms with Crippen LogP contribution in [-0.4, -0.2) is 29.2 Å². The molecule has 1 fully saturated rings. The number of pyridine rings is 1. The van der Waals surface area contributed by atoms with Gasteiger partial charge in [0.1, 0.15) is 6.10 Å². The molecule has 118 valence electrons. The first-order valence-electron chi connectivity index (χ1n) is 7.93. The van der Waals surface area contributed by atoms with Crippen LogP contribution in [0, 0.1) is 0 Å². The zero-order valence-electron chi connectivity index (χ0n) is 12.7. The lowest BCUT2D eigenvalue weighted by atomic mass is 9.91. The Hall–Kier alpha value is -1.88. The third kappa shape index (κ3) is 2.99. The number of hydrogen-bond acceptors (Lipinski definition) is 3. The van der Waals surface area contributed by atoms with E-state index in [1.165, 1.54) is 0 Å². The van der Waals surface area contributed by atoms with Crippen LogP contribution in [0.3, 0.4) is 0 Å². The van der Waals surface area contributed by atoms with E-state index in [1.807, 2.05) is 6.07 Å². The van der Waals surface area contributed by atoms with Gasteiger partial charge in [-0.1, -0.05) is 12.1 Å². The number of allylic oxidation sites excluding steroid dienone is 1. The number of nitrogens with one attached hydrogen (secondary N) is 1. The molecule has 2 atom stereocenters. The van der Waals surface area contributed by atoms with E-state index in [0.717, 1.165) is 43.4 Å². The van der Waals surface area contributed by atoms with Gasteiger partial charge in [-0.05, 0) is 37.7 Å². The molecule has 2 aliphatic rings. The quantitative estimate of drug-likeness (QED) is 0.850. The molecule has 3 rings (SSSR count). The van der Waals surface area contributed by atoms with Crippen LogP contribution in [0.2, 0.25) is 0 Å². The van der Waals surface area contributed by atoms with Crippen molar-refractivity contribution in [2.45, 2.75) is 50.8 Å². The fraction of sp³-hybridized carbons (Fsp3) is 0.529. The first kappa shape index (κ1) is 15.0. The highest BCUT2D eigenvalue weighted by Gasteiger charge is 2.28. The maximum atomic E-state index is 12.1. The lowest BCUT2D eigenvalue weighted by Gasteiger charge is -2.28. The molecule has 0 aromatic carbocycles. The van der Waals surface area contributed by atoms with E-state index in [-0.39, 0.29) is 23.6 Å². The third-order valence-corrected chi connectivity index (χ3v) is 4.47. The van der Waals surface area contributed by atoms with Gasteiger partial charge in [-0.25, -0.2) is 0 Å². The van der Waals surface area contributed by atoms with E-state index in [1.54, 1.807) is 16.7 Å². The Labute approximate surface area is 130 Å². The topological polar surface area (TPSA) is 60.3 Å². The largest absolute Gasteiger partial charge is 0.368 e. The minimum atomic E-state index is -0.281. The predicted molar refractivity (Wildman–Crippen MR) is 83.8 cm³/mol. The van der Waals surface area contributed by atoms with Crippen LogP contribution in [0.25, 0.3) is 0 Å². The Kier molecular flexibility index (Phi) is 4.43. The first-order valence-corrected chi connectivity index (χ1v) is 7.93. The highest BCUT2D eigenvalue weighted by Crippen LogP contribution is 2.21. The summed E-state index contributed by atoms with van der Waals surface area (Å²) >= 11 is 0. The average molecular weight is 302 g/mol. The second kappa shape index (κ2) is 6.48. The minimum absolute atomic E-state index is 0.00497. The first-order chi connectivity index (χ1) is 10.7. The van der Waals surface area contributed by atoms with Crippen molar-refractivity contribution in [2.24, 2.45) is 0 Å². The van der Waals surface area contributed by atoms with Crippen LogP contribution in [-0.2, 0) is 28.9 Å². The maximum Gasteiger partial charge on any atom is 0.251 e. The van der Waals surface area contributed by atoms with Crippen molar-refractivity contribution in [2.75, 3.05) is 6.61 Å². The molecule has 0 bridgehead atoms. The number of hydrogen-bond donors (Lipinski definition) is 1. The summed E-state index contributed by atoms with van der Waals surface area (Å²) in [5.74, 6) is 0.00497. The summed E-state index contributed by atoms with van der Waals surface area (Å²) in [6.45, 7) is 4.93. The fourth-order valence-corrected chi connectivity index (χ4v) is 3.36. The Morgan fingerprint density at radius 2 is 2.32 bits per heavy atom. The monoisotopic (exact) mass is 302 g/mol. The van der Waals surface area contributed by atoms with Crippen molar-refractivity contribution >= 4 is 5.91 Å². The lowest BCUT2D eigenvalue weighted by Crippen LogP contribution is -2.44. The number of carbonyl (C=O) groups excluding carboxylic acids is 1. The SMILES string of the molecule is C=CCn1c2c(ccc1=O)CC(NC(=O)[C@@H]1CCCO1)CC2.